The highest BCUT2D eigenvalue weighted by atomic mass is 35.5. The molecule has 0 spiro atoms. The molecule has 5 heteroatoms. The van der Waals surface area contributed by atoms with Gasteiger partial charge >= 0.3 is 0 Å². The number of halogens is 1. The van der Waals surface area contributed by atoms with Crippen molar-refractivity contribution in [2.24, 2.45) is 11.5 Å². The van der Waals surface area contributed by atoms with E-state index in [0.29, 0.717) is 19.6 Å². The number of hydrogen-bond donors (Lipinski definition) is 2. The van der Waals surface area contributed by atoms with Crippen molar-refractivity contribution in [3.8, 4) is 0 Å². The Labute approximate surface area is 159 Å². The van der Waals surface area contributed by atoms with Crippen molar-refractivity contribution in [2.75, 3.05) is 0 Å². The molecule has 4 unspecified atom stereocenters. The molecule has 0 amide bonds. The lowest BCUT2D eigenvalue weighted by molar-refractivity contribution is 0.00887. The van der Waals surface area contributed by atoms with E-state index >= 15 is 0 Å². The van der Waals surface area contributed by atoms with Gasteiger partial charge < -0.3 is 20.9 Å². The molecule has 26 heavy (non-hydrogen) atoms. The Morgan fingerprint density at radius 1 is 1.00 bits per heavy atom. The van der Waals surface area contributed by atoms with Crippen LogP contribution in [-0.4, -0.2) is 12.2 Å². The maximum atomic E-state index is 6.75. The number of rotatable bonds is 2. The van der Waals surface area contributed by atoms with Crippen LogP contribution in [0.5, 0.6) is 0 Å². The van der Waals surface area contributed by atoms with E-state index in [0.717, 1.165) is 21.7 Å². The van der Waals surface area contributed by atoms with Crippen molar-refractivity contribution in [1.29, 1.82) is 0 Å². The average Bonchev–Trinajstić information content (AvgIpc) is 2.62. The lowest BCUT2D eigenvalue weighted by Crippen LogP contribution is -2.36. The molecule has 0 bridgehead atoms. The van der Waals surface area contributed by atoms with Crippen molar-refractivity contribution in [1.82, 2.24) is 0 Å². The largest absolute Gasteiger partial charge is 0.372 e. The van der Waals surface area contributed by atoms with Crippen LogP contribution in [0, 0.1) is 6.92 Å². The summed E-state index contributed by atoms with van der Waals surface area (Å²) in [6.07, 6.45) is 0.522. The molecule has 0 fully saturated rings. The van der Waals surface area contributed by atoms with Crippen LogP contribution in [0.1, 0.15) is 52.4 Å². The van der Waals surface area contributed by atoms with Crippen molar-refractivity contribution in [3.05, 3.63) is 68.7 Å². The molecule has 0 aliphatic carbocycles. The summed E-state index contributed by atoms with van der Waals surface area (Å²) in [7, 11) is 0. The Bertz CT molecular complexity index is 839. The van der Waals surface area contributed by atoms with Crippen LogP contribution in [0.25, 0.3) is 0 Å². The van der Waals surface area contributed by atoms with Crippen LogP contribution in [-0.2, 0) is 29.1 Å². The molecule has 2 heterocycles. The number of hydrogen-bond acceptors (Lipinski definition) is 4. The van der Waals surface area contributed by atoms with Crippen molar-refractivity contribution >= 4 is 11.6 Å². The second-order valence-corrected chi connectivity index (χ2v) is 7.76. The van der Waals surface area contributed by atoms with E-state index in [9.17, 15) is 0 Å². The van der Waals surface area contributed by atoms with Crippen molar-refractivity contribution in [2.45, 2.75) is 57.8 Å². The number of aryl methyl sites for hydroxylation is 1. The Hall–Kier alpha value is -1.43. The first-order valence-electron chi connectivity index (χ1n) is 9.10. The van der Waals surface area contributed by atoms with Gasteiger partial charge in [-0.15, -0.1) is 0 Å². The molecule has 2 aromatic carbocycles. The van der Waals surface area contributed by atoms with E-state index in [-0.39, 0.29) is 24.3 Å². The number of benzene rings is 2. The second-order valence-electron chi connectivity index (χ2n) is 7.38. The minimum atomic E-state index is -0.213. The van der Waals surface area contributed by atoms with Gasteiger partial charge in [0.15, 0.2) is 0 Å². The van der Waals surface area contributed by atoms with Gasteiger partial charge in [-0.05, 0) is 47.2 Å². The third kappa shape index (κ3) is 2.96. The minimum absolute atomic E-state index is 0.0436. The number of ether oxygens (including phenoxy) is 2. The topological polar surface area (TPSA) is 70.5 Å². The molecule has 4 rings (SSSR count). The van der Waals surface area contributed by atoms with E-state index in [2.05, 4.69) is 37.3 Å². The number of fused-ring (bicyclic) bond motifs is 2. The summed E-state index contributed by atoms with van der Waals surface area (Å²) in [4.78, 5) is 0. The van der Waals surface area contributed by atoms with Gasteiger partial charge in [0.2, 0.25) is 0 Å². The molecule has 0 aromatic heterocycles. The third-order valence-corrected chi connectivity index (χ3v) is 6.16. The highest BCUT2D eigenvalue weighted by molar-refractivity contribution is 6.32. The summed E-state index contributed by atoms with van der Waals surface area (Å²) < 4.78 is 11.8. The monoisotopic (exact) mass is 372 g/mol. The lowest BCUT2D eigenvalue weighted by atomic mass is 9.86. The van der Waals surface area contributed by atoms with Gasteiger partial charge in [0.1, 0.15) is 0 Å². The van der Waals surface area contributed by atoms with Crippen LogP contribution in [0.4, 0.5) is 0 Å². The Morgan fingerprint density at radius 2 is 1.73 bits per heavy atom. The molecule has 138 valence electrons. The highest BCUT2D eigenvalue weighted by Crippen LogP contribution is 2.38. The molecule has 4 N–H and O–H groups in total. The first-order valence-corrected chi connectivity index (χ1v) is 9.48. The molecule has 2 aromatic rings. The van der Waals surface area contributed by atoms with Crippen LogP contribution in [0.15, 0.2) is 30.3 Å². The molecular formula is C21H25ClN2O2. The fourth-order valence-electron chi connectivity index (χ4n) is 4.11. The van der Waals surface area contributed by atoms with Gasteiger partial charge in [-0.25, -0.2) is 0 Å². The van der Waals surface area contributed by atoms with E-state index < -0.39 is 0 Å². The molecule has 0 saturated carbocycles. The van der Waals surface area contributed by atoms with Crippen LogP contribution < -0.4 is 11.5 Å². The zero-order chi connectivity index (χ0) is 18.4. The standard InChI is InChI=1S/C21H25ClN2O2/c1-11-4-3-5-14-10-26-16(21(24)17(11)14)8-13-6-7-15-9-25-12(2)20(23)18(15)19(13)22/h3-7,12,16,20-21H,8-10,23-24H2,1-2H3. The normalized spacial score (nSPS) is 27.7. The van der Waals surface area contributed by atoms with E-state index in [4.69, 9.17) is 32.5 Å². The van der Waals surface area contributed by atoms with Gasteiger partial charge in [-0.1, -0.05) is 41.9 Å². The molecule has 0 saturated heterocycles. The van der Waals surface area contributed by atoms with Crippen LogP contribution in [0.3, 0.4) is 0 Å². The Kier molecular flexibility index (Phi) is 4.80. The quantitative estimate of drug-likeness (QED) is 0.843. The maximum Gasteiger partial charge on any atom is 0.0813 e. The zero-order valence-electron chi connectivity index (χ0n) is 15.2. The number of nitrogens with two attached hydrogens (primary N) is 2. The van der Waals surface area contributed by atoms with Crippen LogP contribution >= 0.6 is 11.6 Å². The summed E-state index contributed by atoms with van der Waals surface area (Å²) in [5, 5.41) is 0.733. The molecule has 4 atom stereocenters. The van der Waals surface area contributed by atoms with E-state index in [1.54, 1.807) is 0 Å². The molecule has 2 aliphatic heterocycles. The maximum absolute atomic E-state index is 6.75. The van der Waals surface area contributed by atoms with E-state index in [1.807, 2.05) is 6.92 Å². The first-order chi connectivity index (χ1) is 12.5. The Morgan fingerprint density at radius 3 is 2.54 bits per heavy atom. The van der Waals surface area contributed by atoms with Gasteiger partial charge in [-0.3, -0.25) is 0 Å². The molecule has 0 radical (unpaired) electrons. The summed E-state index contributed by atoms with van der Waals surface area (Å²) in [6, 6.07) is 9.98. The van der Waals surface area contributed by atoms with Crippen LogP contribution in [0.2, 0.25) is 5.02 Å². The SMILES string of the molecule is Cc1cccc2c1C(N)C(Cc1ccc3c(c1Cl)C(N)C(C)OC3)OC2. The zero-order valence-corrected chi connectivity index (χ0v) is 15.9. The van der Waals surface area contributed by atoms with Gasteiger partial charge in [0.05, 0.1) is 37.5 Å². The van der Waals surface area contributed by atoms with Crippen molar-refractivity contribution in [3.63, 3.8) is 0 Å². The fourth-order valence-corrected chi connectivity index (χ4v) is 4.50. The van der Waals surface area contributed by atoms with Gasteiger partial charge in [0, 0.05) is 11.4 Å². The predicted octanol–water partition coefficient (Wildman–Crippen LogP) is 3.71. The average molecular weight is 373 g/mol. The molecular weight excluding hydrogens is 348 g/mol. The smallest absolute Gasteiger partial charge is 0.0813 e. The summed E-state index contributed by atoms with van der Waals surface area (Å²) >= 11 is 6.75. The Balaban J connectivity index is 1.64. The molecule has 2 aliphatic rings. The minimum Gasteiger partial charge on any atom is -0.372 e. The first kappa shape index (κ1) is 18.0. The highest BCUT2D eigenvalue weighted by Gasteiger charge is 2.32. The summed E-state index contributed by atoms with van der Waals surface area (Å²) in [6.45, 7) is 5.22. The summed E-state index contributed by atoms with van der Waals surface area (Å²) in [5.41, 5.74) is 19.6. The predicted molar refractivity (Wildman–Crippen MR) is 103 cm³/mol. The second kappa shape index (κ2) is 6.95. The third-order valence-electron chi connectivity index (χ3n) is 5.71. The fraction of sp³-hybridized carbons (Fsp3) is 0.429. The van der Waals surface area contributed by atoms with Crippen molar-refractivity contribution < 1.29 is 9.47 Å². The lowest BCUT2D eigenvalue weighted by Gasteiger charge is -2.34. The van der Waals surface area contributed by atoms with Gasteiger partial charge in [-0.2, -0.15) is 0 Å². The molecule has 4 nitrogen and oxygen atoms in total. The van der Waals surface area contributed by atoms with Gasteiger partial charge in [0.25, 0.3) is 0 Å². The van der Waals surface area contributed by atoms with E-state index in [1.165, 1.54) is 16.7 Å². The summed E-state index contributed by atoms with van der Waals surface area (Å²) in [5.74, 6) is 0.